The molecule has 0 bridgehead atoms. The summed E-state index contributed by atoms with van der Waals surface area (Å²) in [6, 6.07) is 11.7. The number of nitrogens with zero attached hydrogens (tertiary/aromatic N) is 4. The molecule has 2 fully saturated rings. The van der Waals surface area contributed by atoms with Crippen molar-refractivity contribution in [1.82, 2.24) is 19.9 Å². The van der Waals surface area contributed by atoms with Crippen LogP contribution in [-0.4, -0.2) is 65.4 Å². The molecule has 2 saturated heterocycles. The Morgan fingerprint density at radius 1 is 1.09 bits per heavy atom. The Morgan fingerprint density at radius 3 is 2.55 bits per heavy atom. The molecular formula is C24H27FN4O3S. The zero-order valence-electron chi connectivity index (χ0n) is 18.6. The van der Waals surface area contributed by atoms with Gasteiger partial charge in [-0.15, -0.1) is 11.3 Å². The standard InChI is InChI=1S/C24H27FN4O3S/c1-2-16-3-5-17(6-4-16)18-13-19(15-29(14-18)24(30)28-9-11-31-12-10-28)23-26-22(27-32-23)20-7-8-21(25)33-20/h3-8,18-19H,2,9-15H2,1H3. The van der Waals surface area contributed by atoms with Crippen LogP contribution in [0.2, 0.25) is 0 Å². The molecule has 2 atom stereocenters. The predicted octanol–water partition coefficient (Wildman–Crippen LogP) is 4.52. The molecule has 33 heavy (non-hydrogen) atoms. The van der Waals surface area contributed by atoms with Gasteiger partial charge in [-0.05, 0) is 36.1 Å². The third-order valence-electron chi connectivity index (χ3n) is 6.45. The molecule has 0 aliphatic carbocycles. The second-order valence-corrected chi connectivity index (χ2v) is 9.61. The molecule has 4 heterocycles. The van der Waals surface area contributed by atoms with Gasteiger partial charge in [0, 0.05) is 32.1 Å². The topological polar surface area (TPSA) is 71.7 Å². The summed E-state index contributed by atoms with van der Waals surface area (Å²) in [4.78, 5) is 22.3. The van der Waals surface area contributed by atoms with E-state index in [0.29, 0.717) is 56.0 Å². The van der Waals surface area contributed by atoms with Crippen LogP contribution in [-0.2, 0) is 11.2 Å². The number of rotatable bonds is 4. The van der Waals surface area contributed by atoms with Crippen molar-refractivity contribution in [3.05, 3.63) is 58.5 Å². The second-order valence-electron chi connectivity index (χ2n) is 8.57. The first-order chi connectivity index (χ1) is 16.1. The minimum atomic E-state index is -0.285. The van der Waals surface area contributed by atoms with Crippen LogP contribution >= 0.6 is 11.3 Å². The van der Waals surface area contributed by atoms with Gasteiger partial charge >= 0.3 is 6.03 Å². The summed E-state index contributed by atoms with van der Waals surface area (Å²) >= 11 is 0.991. The molecule has 0 radical (unpaired) electrons. The molecule has 0 spiro atoms. The molecule has 2 amide bonds. The summed E-state index contributed by atoms with van der Waals surface area (Å²) in [7, 11) is 0. The highest BCUT2D eigenvalue weighted by molar-refractivity contribution is 7.13. The van der Waals surface area contributed by atoms with Gasteiger partial charge in [-0.2, -0.15) is 9.37 Å². The number of aryl methyl sites for hydroxylation is 1. The van der Waals surface area contributed by atoms with Gasteiger partial charge in [0.15, 0.2) is 5.13 Å². The van der Waals surface area contributed by atoms with Crippen LogP contribution in [0.3, 0.4) is 0 Å². The summed E-state index contributed by atoms with van der Waals surface area (Å²) in [6.45, 7) is 5.64. The Labute approximate surface area is 196 Å². The van der Waals surface area contributed by atoms with Crippen LogP contribution in [0.5, 0.6) is 0 Å². The number of carbonyl (C=O) groups excluding carboxylic acids is 1. The number of halogens is 1. The lowest BCUT2D eigenvalue weighted by Crippen LogP contribution is -2.52. The van der Waals surface area contributed by atoms with E-state index in [9.17, 15) is 9.18 Å². The number of urea groups is 1. The lowest BCUT2D eigenvalue weighted by molar-refractivity contribution is 0.0392. The number of hydrogen-bond acceptors (Lipinski definition) is 6. The molecular weight excluding hydrogens is 443 g/mol. The Hall–Kier alpha value is -2.78. The normalized spacial score (nSPS) is 21.4. The number of hydrogen-bond donors (Lipinski definition) is 0. The number of piperidine rings is 1. The van der Waals surface area contributed by atoms with Crippen molar-refractivity contribution in [3.8, 4) is 10.7 Å². The first-order valence-electron chi connectivity index (χ1n) is 11.4. The van der Waals surface area contributed by atoms with Gasteiger partial charge in [0.1, 0.15) is 0 Å². The number of morpholine rings is 1. The lowest BCUT2D eigenvalue weighted by Gasteiger charge is -2.40. The maximum absolute atomic E-state index is 13.5. The highest BCUT2D eigenvalue weighted by atomic mass is 32.1. The number of thiophene rings is 1. The van der Waals surface area contributed by atoms with Crippen LogP contribution in [0.1, 0.15) is 42.2 Å². The van der Waals surface area contributed by atoms with Crippen molar-refractivity contribution in [2.45, 2.75) is 31.6 Å². The van der Waals surface area contributed by atoms with Gasteiger partial charge in [-0.25, -0.2) is 4.79 Å². The molecule has 2 aliphatic heterocycles. The summed E-state index contributed by atoms with van der Waals surface area (Å²) < 4.78 is 24.5. The monoisotopic (exact) mass is 470 g/mol. The Morgan fingerprint density at radius 2 is 1.85 bits per heavy atom. The minimum Gasteiger partial charge on any atom is -0.378 e. The molecule has 2 unspecified atom stereocenters. The van der Waals surface area contributed by atoms with Gasteiger partial charge in [-0.3, -0.25) is 0 Å². The van der Waals surface area contributed by atoms with Crippen molar-refractivity contribution in [2.75, 3.05) is 39.4 Å². The summed E-state index contributed by atoms with van der Waals surface area (Å²) in [5.74, 6) is 0.952. The second kappa shape index (κ2) is 9.61. The lowest BCUT2D eigenvalue weighted by atomic mass is 9.84. The van der Waals surface area contributed by atoms with E-state index in [1.807, 2.05) is 9.80 Å². The van der Waals surface area contributed by atoms with E-state index >= 15 is 0 Å². The zero-order chi connectivity index (χ0) is 22.8. The highest BCUT2D eigenvalue weighted by Crippen LogP contribution is 2.37. The Bertz CT molecular complexity index is 1090. The van der Waals surface area contributed by atoms with Crippen LogP contribution in [0.4, 0.5) is 9.18 Å². The predicted molar refractivity (Wildman–Crippen MR) is 123 cm³/mol. The molecule has 2 aliphatic rings. The van der Waals surface area contributed by atoms with Gasteiger partial charge in [-0.1, -0.05) is 36.3 Å². The van der Waals surface area contributed by atoms with Crippen LogP contribution in [0.25, 0.3) is 10.7 Å². The Kier molecular flexibility index (Phi) is 6.41. The number of benzene rings is 1. The molecule has 0 saturated carbocycles. The maximum Gasteiger partial charge on any atom is 0.320 e. The third kappa shape index (κ3) is 4.79. The summed E-state index contributed by atoms with van der Waals surface area (Å²) in [5.41, 5.74) is 2.49. The fourth-order valence-electron chi connectivity index (χ4n) is 4.59. The molecule has 174 valence electrons. The number of carbonyl (C=O) groups is 1. The van der Waals surface area contributed by atoms with E-state index in [0.717, 1.165) is 24.2 Å². The average molecular weight is 471 g/mol. The SMILES string of the molecule is CCc1ccc(C2CC(c3nc(-c4ccc(F)s4)no3)CN(C(=O)N3CCOCC3)C2)cc1. The number of amides is 2. The smallest absolute Gasteiger partial charge is 0.320 e. The van der Waals surface area contributed by atoms with E-state index in [2.05, 4.69) is 41.3 Å². The molecule has 7 nitrogen and oxygen atoms in total. The van der Waals surface area contributed by atoms with Crippen LogP contribution in [0, 0.1) is 5.13 Å². The van der Waals surface area contributed by atoms with E-state index < -0.39 is 0 Å². The third-order valence-corrected chi connectivity index (χ3v) is 7.32. The van der Waals surface area contributed by atoms with Gasteiger partial charge < -0.3 is 19.1 Å². The molecule has 3 aromatic rings. The highest BCUT2D eigenvalue weighted by Gasteiger charge is 2.36. The number of likely N-dealkylation sites (tertiary alicyclic amines) is 1. The number of aromatic nitrogens is 2. The van der Waals surface area contributed by atoms with E-state index in [1.165, 1.54) is 17.2 Å². The van der Waals surface area contributed by atoms with Crippen molar-refractivity contribution in [2.24, 2.45) is 0 Å². The molecule has 0 N–H and O–H groups in total. The van der Waals surface area contributed by atoms with Gasteiger partial charge in [0.05, 0.1) is 24.0 Å². The first-order valence-corrected chi connectivity index (χ1v) is 12.2. The van der Waals surface area contributed by atoms with Crippen molar-refractivity contribution >= 4 is 17.4 Å². The maximum atomic E-state index is 13.5. The fraction of sp³-hybridized carbons (Fsp3) is 0.458. The molecule has 5 rings (SSSR count). The van der Waals surface area contributed by atoms with E-state index in [4.69, 9.17) is 9.26 Å². The van der Waals surface area contributed by atoms with E-state index in [-0.39, 0.29) is 23.0 Å². The average Bonchev–Trinajstić information content (AvgIpc) is 3.53. The van der Waals surface area contributed by atoms with Crippen LogP contribution < -0.4 is 0 Å². The summed E-state index contributed by atoms with van der Waals surface area (Å²) in [6.07, 6.45) is 1.79. The molecule has 9 heteroatoms. The van der Waals surface area contributed by atoms with Gasteiger partial charge in [0.25, 0.3) is 0 Å². The van der Waals surface area contributed by atoms with Crippen molar-refractivity contribution < 1.29 is 18.4 Å². The van der Waals surface area contributed by atoms with Gasteiger partial charge in [0.2, 0.25) is 11.7 Å². The van der Waals surface area contributed by atoms with Crippen molar-refractivity contribution in [1.29, 1.82) is 0 Å². The number of ether oxygens (including phenoxy) is 1. The quantitative estimate of drug-likeness (QED) is 0.561. The largest absolute Gasteiger partial charge is 0.378 e. The molecule has 2 aromatic heterocycles. The first kappa shape index (κ1) is 22.0. The summed E-state index contributed by atoms with van der Waals surface area (Å²) in [5, 5.41) is 3.80. The zero-order valence-corrected chi connectivity index (χ0v) is 19.4. The molecule has 1 aromatic carbocycles. The van der Waals surface area contributed by atoms with Crippen molar-refractivity contribution in [3.63, 3.8) is 0 Å². The minimum absolute atomic E-state index is 0.0262. The fourth-order valence-corrected chi connectivity index (χ4v) is 5.25. The van der Waals surface area contributed by atoms with Crippen LogP contribution in [0.15, 0.2) is 40.9 Å². The Balaban J connectivity index is 1.41. The van der Waals surface area contributed by atoms with E-state index in [1.54, 1.807) is 6.07 Å².